The molecule has 0 spiro atoms. The summed E-state index contributed by atoms with van der Waals surface area (Å²) >= 11 is 0. The number of hydrogen-bond donors (Lipinski definition) is 0. The van der Waals surface area contributed by atoms with Gasteiger partial charge in [-0.15, -0.1) is 0 Å². The molecule has 0 unspecified atom stereocenters. The van der Waals surface area contributed by atoms with Gasteiger partial charge in [-0.1, -0.05) is 12.1 Å². The summed E-state index contributed by atoms with van der Waals surface area (Å²) < 4.78 is 0. The number of rotatable bonds is 3. The van der Waals surface area contributed by atoms with Crippen LogP contribution < -0.4 is 0 Å². The van der Waals surface area contributed by atoms with Gasteiger partial charge >= 0.3 is 0 Å². The van der Waals surface area contributed by atoms with Gasteiger partial charge in [0.05, 0.1) is 5.69 Å². The Morgan fingerprint density at radius 2 is 1.85 bits per heavy atom. The van der Waals surface area contributed by atoms with E-state index in [9.17, 15) is 4.79 Å². The minimum Gasteiger partial charge on any atom is -0.294 e. The summed E-state index contributed by atoms with van der Waals surface area (Å²) in [5, 5.41) is 0. The number of carbonyl (C=O) groups is 1. The molecular formula is C17H18N2O. The first-order chi connectivity index (χ1) is 9.49. The number of aryl methyl sites for hydroxylation is 2. The lowest BCUT2D eigenvalue weighted by Crippen LogP contribution is -2.00. The molecule has 0 atom stereocenters. The minimum absolute atomic E-state index is 0.0386. The van der Waals surface area contributed by atoms with E-state index in [1.165, 1.54) is 0 Å². The van der Waals surface area contributed by atoms with E-state index >= 15 is 0 Å². The second-order valence-electron chi connectivity index (χ2n) is 4.91. The number of ketones is 1. The van der Waals surface area contributed by atoms with Crippen LogP contribution in [0.3, 0.4) is 0 Å². The highest BCUT2D eigenvalue weighted by molar-refractivity contribution is 6.04. The number of carbonyl (C=O) groups excluding carboxylic acids is 1. The second-order valence-corrected chi connectivity index (χ2v) is 4.91. The van der Waals surface area contributed by atoms with Crippen LogP contribution in [0.15, 0.2) is 41.5 Å². The summed E-state index contributed by atoms with van der Waals surface area (Å²) in [6.45, 7) is 7.38. The fourth-order valence-electron chi connectivity index (χ4n) is 2.13. The van der Waals surface area contributed by atoms with Crippen molar-refractivity contribution in [3.8, 4) is 0 Å². The largest absolute Gasteiger partial charge is 0.294 e. The molecule has 3 nitrogen and oxygen atoms in total. The third-order valence-electron chi connectivity index (χ3n) is 3.22. The average molecular weight is 266 g/mol. The summed E-state index contributed by atoms with van der Waals surface area (Å²) in [6, 6.07) is 9.66. The Labute approximate surface area is 119 Å². The summed E-state index contributed by atoms with van der Waals surface area (Å²) in [4.78, 5) is 20.6. The van der Waals surface area contributed by atoms with Crippen molar-refractivity contribution < 1.29 is 4.79 Å². The first-order valence-electron chi connectivity index (χ1n) is 6.58. The first-order valence-corrected chi connectivity index (χ1v) is 6.58. The number of benzene rings is 1. The predicted octanol–water partition coefficient (Wildman–Crippen LogP) is 4.04. The molecule has 2 aromatic rings. The molecule has 0 amide bonds. The fourth-order valence-corrected chi connectivity index (χ4v) is 2.13. The number of nitrogens with zero attached hydrogens (tertiary/aromatic N) is 2. The van der Waals surface area contributed by atoms with Crippen LogP contribution in [0, 0.1) is 13.8 Å². The van der Waals surface area contributed by atoms with Crippen LogP contribution in [0.4, 0.5) is 5.69 Å². The van der Waals surface area contributed by atoms with E-state index in [4.69, 9.17) is 0 Å². The molecule has 0 radical (unpaired) electrons. The normalized spacial score (nSPS) is 11.5. The highest BCUT2D eigenvalue weighted by Crippen LogP contribution is 2.24. The molecule has 0 aliphatic rings. The van der Waals surface area contributed by atoms with Crippen LogP contribution in [0.25, 0.3) is 0 Å². The molecule has 0 aliphatic carbocycles. The predicted molar refractivity (Wildman–Crippen MR) is 82.0 cm³/mol. The van der Waals surface area contributed by atoms with Crippen LogP contribution in [-0.4, -0.2) is 16.5 Å². The zero-order valence-electron chi connectivity index (χ0n) is 12.3. The minimum atomic E-state index is 0.0386. The monoisotopic (exact) mass is 266 g/mol. The summed E-state index contributed by atoms with van der Waals surface area (Å²) in [5.41, 5.74) is 5.15. The Hall–Kier alpha value is -2.29. The van der Waals surface area contributed by atoms with Crippen LogP contribution in [0.1, 0.15) is 41.0 Å². The maximum Gasteiger partial charge on any atom is 0.162 e. The van der Waals surface area contributed by atoms with E-state index in [1.807, 2.05) is 51.1 Å². The van der Waals surface area contributed by atoms with E-state index < -0.39 is 0 Å². The van der Waals surface area contributed by atoms with Gasteiger partial charge in [-0.2, -0.15) is 0 Å². The van der Waals surface area contributed by atoms with Gasteiger partial charge in [-0.25, -0.2) is 0 Å². The maximum atomic E-state index is 11.8. The Morgan fingerprint density at radius 1 is 1.10 bits per heavy atom. The molecule has 20 heavy (non-hydrogen) atoms. The number of aliphatic imine (C=N–C) groups is 1. The number of aromatic nitrogens is 1. The molecule has 1 heterocycles. The van der Waals surface area contributed by atoms with Crippen LogP contribution in [-0.2, 0) is 0 Å². The van der Waals surface area contributed by atoms with Crippen LogP contribution >= 0.6 is 0 Å². The summed E-state index contributed by atoms with van der Waals surface area (Å²) in [6.07, 6.45) is 1.80. The van der Waals surface area contributed by atoms with E-state index in [0.717, 1.165) is 28.2 Å². The van der Waals surface area contributed by atoms with Crippen molar-refractivity contribution in [1.29, 1.82) is 0 Å². The lowest BCUT2D eigenvalue weighted by atomic mass is 10.0. The van der Waals surface area contributed by atoms with Crippen molar-refractivity contribution in [3.63, 3.8) is 0 Å². The average Bonchev–Trinajstić information content (AvgIpc) is 2.39. The summed E-state index contributed by atoms with van der Waals surface area (Å²) in [7, 11) is 0. The van der Waals surface area contributed by atoms with Crippen molar-refractivity contribution in [3.05, 3.63) is 58.9 Å². The van der Waals surface area contributed by atoms with Crippen LogP contribution in [0.2, 0.25) is 0 Å². The zero-order valence-corrected chi connectivity index (χ0v) is 12.3. The van der Waals surface area contributed by atoms with Gasteiger partial charge in [-0.05, 0) is 51.5 Å². The standard InChI is InChI=1S/C17H18N2O/c1-11-6-5-7-16(17(11)14(4)20)19-13(3)15-9-8-12(2)18-10-15/h5-10H,1-4H3. The molecule has 1 aromatic carbocycles. The molecule has 0 saturated heterocycles. The van der Waals surface area contributed by atoms with E-state index in [0.29, 0.717) is 5.56 Å². The van der Waals surface area contributed by atoms with Crippen molar-refractivity contribution in [2.24, 2.45) is 4.99 Å². The van der Waals surface area contributed by atoms with Gasteiger partial charge in [0.2, 0.25) is 0 Å². The Balaban J connectivity index is 2.47. The van der Waals surface area contributed by atoms with E-state index in [-0.39, 0.29) is 5.78 Å². The van der Waals surface area contributed by atoms with Crippen molar-refractivity contribution in [2.75, 3.05) is 0 Å². The van der Waals surface area contributed by atoms with Crippen molar-refractivity contribution >= 4 is 17.2 Å². The lowest BCUT2D eigenvalue weighted by Gasteiger charge is -2.07. The summed E-state index contributed by atoms with van der Waals surface area (Å²) in [5.74, 6) is 0.0386. The number of pyridine rings is 1. The second kappa shape index (κ2) is 5.78. The van der Waals surface area contributed by atoms with Gasteiger partial charge in [-0.3, -0.25) is 14.8 Å². The van der Waals surface area contributed by atoms with Gasteiger partial charge in [0.1, 0.15) is 0 Å². The molecule has 2 rings (SSSR count). The number of hydrogen-bond acceptors (Lipinski definition) is 3. The molecule has 1 aromatic heterocycles. The third kappa shape index (κ3) is 2.99. The lowest BCUT2D eigenvalue weighted by molar-refractivity contribution is 0.101. The Morgan fingerprint density at radius 3 is 2.45 bits per heavy atom. The van der Waals surface area contributed by atoms with E-state index in [2.05, 4.69) is 9.98 Å². The molecular weight excluding hydrogens is 248 g/mol. The first kappa shape index (κ1) is 14.1. The highest BCUT2D eigenvalue weighted by atomic mass is 16.1. The molecule has 0 N–H and O–H groups in total. The fraction of sp³-hybridized carbons (Fsp3) is 0.235. The van der Waals surface area contributed by atoms with Crippen molar-refractivity contribution in [1.82, 2.24) is 4.98 Å². The molecule has 0 saturated carbocycles. The molecule has 0 bridgehead atoms. The topological polar surface area (TPSA) is 42.3 Å². The van der Waals surface area contributed by atoms with E-state index in [1.54, 1.807) is 13.1 Å². The maximum absolute atomic E-state index is 11.8. The quantitative estimate of drug-likeness (QED) is 0.621. The Kier molecular flexibility index (Phi) is 4.08. The Bertz CT molecular complexity index is 670. The van der Waals surface area contributed by atoms with Gasteiger partial charge < -0.3 is 0 Å². The van der Waals surface area contributed by atoms with Crippen LogP contribution in [0.5, 0.6) is 0 Å². The number of Topliss-reactive ketones (excluding diaryl/α,β-unsaturated/α-hetero) is 1. The van der Waals surface area contributed by atoms with Gasteiger partial charge in [0.25, 0.3) is 0 Å². The molecule has 3 heteroatoms. The molecule has 102 valence electrons. The smallest absolute Gasteiger partial charge is 0.162 e. The molecule has 0 fully saturated rings. The third-order valence-corrected chi connectivity index (χ3v) is 3.22. The van der Waals surface area contributed by atoms with Gasteiger partial charge in [0, 0.05) is 28.7 Å². The van der Waals surface area contributed by atoms with Gasteiger partial charge in [0.15, 0.2) is 5.78 Å². The zero-order chi connectivity index (χ0) is 14.7. The SMILES string of the molecule is CC(=O)c1c(C)cccc1N=C(C)c1ccc(C)nc1. The molecule has 0 aliphatic heterocycles. The highest BCUT2D eigenvalue weighted by Gasteiger charge is 2.10. The van der Waals surface area contributed by atoms with Crippen molar-refractivity contribution in [2.45, 2.75) is 27.7 Å².